The summed E-state index contributed by atoms with van der Waals surface area (Å²) < 4.78 is 146. The fraction of sp³-hybridized carbons (Fsp3) is 0.833. The van der Waals surface area contributed by atoms with Crippen molar-refractivity contribution in [2.24, 2.45) is 0 Å². The van der Waals surface area contributed by atoms with Crippen molar-refractivity contribution in [3.63, 3.8) is 0 Å². The summed E-state index contributed by atoms with van der Waals surface area (Å²) in [6, 6.07) is -7.56. The monoisotopic (exact) mass is 389 g/mol. The summed E-state index contributed by atoms with van der Waals surface area (Å²) in [5.74, 6) is -4.28. The van der Waals surface area contributed by atoms with Crippen LogP contribution in [0.2, 0.25) is 0 Å². The van der Waals surface area contributed by atoms with Crippen molar-refractivity contribution in [1.29, 1.82) is 0 Å². The maximum Gasteiger partial charge on any atom is 2.00 e. The van der Waals surface area contributed by atoms with Gasteiger partial charge < -0.3 is 7.96 Å². The van der Waals surface area contributed by atoms with Crippen LogP contribution in [0.3, 0.4) is 0 Å². The Morgan fingerprint density at radius 2 is 1.05 bits per heavy atom. The van der Waals surface area contributed by atoms with Gasteiger partial charge in [0.1, 0.15) is 0 Å². The molecule has 0 amide bonds. The molecule has 0 saturated carbocycles. The summed E-state index contributed by atoms with van der Waals surface area (Å²) in [6.45, 7) is 0. The molecule has 0 aromatic carbocycles. The van der Waals surface area contributed by atoms with Crippen molar-refractivity contribution in [2.75, 3.05) is 0 Å². The van der Waals surface area contributed by atoms with Crippen molar-refractivity contribution in [3.8, 4) is 0 Å². The molecule has 0 aromatic heterocycles. The first-order chi connectivity index (χ1) is 8.81. The van der Waals surface area contributed by atoms with Crippen LogP contribution in [0.5, 0.6) is 0 Å². The average molecular weight is 389 g/mol. The quantitative estimate of drug-likeness (QED) is 0.458. The predicted molar refractivity (Wildman–Crippen MR) is 44.4 cm³/mol. The molecule has 1 unspecified atom stereocenters. The van der Waals surface area contributed by atoms with E-state index in [1.165, 1.54) is 0 Å². The van der Waals surface area contributed by atoms with Gasteiger partial charge in [-0.25, -0.2) is 9.18 Å². The van der Waals surface area contributed by atoms with Crippen LogP contribution < -0.4 is 0 Å². The van der Waals surface area contributed by atoms with Gasteiger partial charge in [0.2, 0.25) is 0 Å². The number of hydrogen-bond acceptors (Lipinski definition) is 2. The second-order valence-corrected chi connectivity index (χ2v) is 3.27. The van der Waals surface area contributed by atoms with E-state index in [1.54, 1.807) is 0 Å². The van der Waals surface area contributed by atoms with Gasteiger partial charge in [0.25, 0.3) is 0 Å². The zero-order chi connectivity index (χ0) is 17.7. The molecule has 1 N–H and O–H groups in total. The molecule has 0 radical (unpaired) electrons. The van der Waals surface area contributed by atoms with Crippen LogP contribution in [0.1, 0.15) is 2.85 Å². The van der Waals surface area contributed by atoms with Crippen LogP contribution in [0, 0.1) is 0 Å². The van der Waals surface area contributed by atoms with Gasteiger partial charge in [-0.1, -0.05) is 4.90 Å². The molecule has 16 heteroatoms. The number of carboxylic acids is 1. The number of hydrogen-bond donors (Lipinski definition) is 1. The van der Waals surface area contributed by atoms with Crippen molar-refractivity contribution in [1.82, 2.24) is 4.90 Å². The van der Waals surface area contributed by atoms with E-state index < -0.39 is 41.4 Å². The first-order valence-electron chi connectivity index (χ1n) is 4.12. The van der Waals surface area contributed by atoms with Gasteiger partial charge in [0, 0.05) is 0 Å². The Hall–Kier alpha value is -0.150. The number of carboxylic acid groups (broad SMARTS) is 1. The van der Waals surface area contributed by atoms with Crippen LogP contribution in [0.15, 0.2) is 0 Å². The Morgan fingerprint density at radius 1 is 0.773 bits per heavy atom. The van der Waals surface area contributed by atoms with E-state index in [-0.39, 0.29) is 40.6 Å². The maximum absolute atomic E-state index is 13.0. The van der Waals surface area contributed by atoms with Crippen molar-refractivity contribution < 1.29 is 65.4 Å². The minimum atomic E-state index is -7.56. The number of carbonyl (C=O) groups is 1. The minimum absolute atomic E-state index is 0. The molecular weight excluding hydrogens is 386 g/mol. The van der Waals surface area contributed by atoms with Crippen LogP contribution in [0.4, 0.5) is 52.7 Å². The standard InChI is InChI=1S/C6HF12NO2.Ca.2H/c7-2(1(20)21,3(8,9)10)4(11,12)19(5(13,14)15)6(16,17)18;;;/h(H,20,21);;;/q;+2;2*-1. The van der Waals surface area contributed by atoms with Crippen molar-refractivity contribution in [3.05, 3.63) is 0 Å². The third-order valence-corrected chi connectivity index (χ3v) is 1.89. The number of halogens is 12. The normalized spacial score (nSPS) is 17.0. The smallest absolute Gasteiger partial charge is 1.00 e. The predicted octanol–water partition coefficient (Wildman–Crippen LogP) is 3.12. The van der Waals surface area contributed by atoms with Gasteiger partial charge in [-0.2, -0.15) is 48.3 Å². The summed E-state index contributed by atoms with van der Waals surface area (Å²) in [5, 5.41) is 7.75. The largest absolute Gasteiger partial charge is 2.00 e. The van der Waals surface area contributed by atoms with Crippen molar-refractivity contribution in [2.45, 2.75) is 30.5 Å². The molecule has 22 heavy (non-hydrogen) atoms. The fourth-order valence-electron chi connectivity index (χ4n) is 1.04. The van der Waals surface area contributed by atoms with Gasteiger partial charge in [-0.15, -0.1) is 0 Å². The summed E-state index contributed by atoms with van der Waals surface area (Å²) in [5.41, 5.74) is -7.16. The first-order valence-corrected chi connectivity index (χ1v) is 4.12. The Balaban J connectivity index is -0.000000667. The van der Waals surface area contributed by atoms with Crippen LogP contribution in [-0.4, -0.2) is 84.2 Å². The van der Waals surface area contributed by atoms with E-state index >= 15 is 0 Å². The van der Waals surface area contributed by atoms with Gasteiger partial charge in [-0.3, -0.25) is 0 Å². The topological polar surface area (TPSA) is 40.5 Å². The number of rotatable bonds is 3. The molecule has 0 bridgehead atoms. The Bertz CT molecular complexity index is 409. The number of alkyl halides is 12. The van der Waals surface area contributed by atoms with E-state index in [0.717, 1.165) is 0 Å². The van der Waals surface area contributed by atoms with Crippen LogP contribution >= 0.6 is 0 Å². The second kappa shape index (κ2) is 6.39. The Labute approximate surface area is 144 Å². The molecule has 130 valence electrons. The van der Waals surface area contributed by atoms with Crippen LogP contribution in [-0.2, 0) is 4.79 Å². The third-order valence-electron chi connectivity index (χ3n) is 1.89. The maximum atomic E-state index is 13.0. The second-order valence-electron chi connectivity index (χ2n) is 3.27. The number of nitrogens with zero attached hydrogens (tertiary/aromatic N) is 1. The molecule has 3 nitrogen and oxygen atoms in total. The summed E-state index contributed by atoms with van der Waals surface area (Å²) in [7, 11) is 0. The van der Waals surface area contributed by atoms with E-state index in [1.807, 2.05) is 0 Å². The Morgan fingerprint density at radius 3 is 1.18 bits per heavy atom. The molecule has 0 fully saturated rings. The molecule has 0 saturated heterocycles. The molecule has 0 aliphatic heterocycles. The average Bonchev–Trinajstić information content (AvgIpc) is 2.07. The van der Waals surface area contributed by atoms with Gasteiger partial charge >= 0.3 is 74.2 Å². The van der Waals surface area contributed by atoms with E-state index in [0.29, 0.717) is 0 Å². The van der Waals surface area contributed by atoms with Gasteiger partial charge in [0.15, 0.2) is 0 Å². The molecule has 0 rings (SSSR count). The summed E-state index contributed by atoms with van der Waals surface area (Å²) in [6.07, 6.45) is -21.8. The molecule has 0 heterocycles. The zero-order valence-corrected chi connectivity index (χ0v) is 11.8. The SMILES string of the molecule is O=C(O)C(F)(C(F)(F)F)C(F)(F)N(C(F)(F)F)C(F)(F)F.[Ca+2].[H-].[H-]. The molecule has 1 atom stereocenters. The van der Waals surface area contributed by atoms with E-state index in [2.05, 4.69) is 0 Å². The molecule has 0 aliphatic carbocycles. The summed E-state index contributed by atoms with van der Waals surface area (Å²) in [4.78, 5) is 5.86. The third kappa shape index (κ3) is 4.03. The van der Waals surface area contributed by atoms with E-state index in [9.17, 15) is 57.5 Å². The van der Waals surface area contributed by atoms with Gasteiger partial charge in [0.05, 0.1) is 0 Å². The zero-order valence-electron chi connectivity index (χ0n) is 11.5. The number of aliphatic carboxylic acids is 1. The van der Waals surface area contributed by atoms with E-state index in [4.69, 9.17) is 5.11 Å². The van der Waals surface area contributed by atoms with Gasteiger partial charge in [-0.05, 0) is 0 Å². The fourth-order valence-corrected chi connectivity index (χ4v) is 1.04. The Kier molecular flexibility index (Phi) is 7.00. The molecular formula is C6H3CaF12NO2. The van der Waals surface area contributed by atoms with Crippen LogP contribution in [0.25, 0.3) is 0 Å². The minimum Gasteiger partial charge on any atom is -1.00 e. The molecule has 0 aliphatic rings. The van der Waals surface area contributed by atoms with Crippen molar-refractivity contribution >= 4 is 43.7 Å². The first kappa shape index (κ1) is 24.1. The molecule has 0 aromatic rings. The molecule has 0 spiro atoms. The summed E-state index contributed by atoms with van der Waals surface area (Å²) >= 11 is 0.